The molecule has 4 heteroatoms. The molecule has 20 heavy (non-hydrogen) atoms. The van der Waals surface area contributed by atoms with Crippen LogP contribution in [-0.4, -0.2) is 11.9 Å². The van der Waals surface area contributed by atoms with Crippen LogP contribution in [0, 0.1) is 11.2 Å². The first kappa shape index (κ1) is 14.8. The maximum Gasteiger partial charge on any atom is 0.248 e. The van der Waals surface area contributed by atoms with Crippen molar-refractivity contribution in [1.29, 1.82) is 0 Å². The van der Waals surface area contributed by atoms with Crippen LogP contribution in [0.3, 0.4) is 0 Å². The van der Waals surface area contributed by atoms with Crippen molar-refractivity contribution >= 4 is 11.6 Å². The normalized spacial score (nSPS) is 22.1. The predicted molar refractivity (Wildman–Crippen MR) is 79.2 cm³/mol. The number of carbonyl (C=O) groups excluding carboxylic acids is 1. The summed E-state index contributed by atoms with van der Waals surface area (Å²) in [6.07, 6.45) is 5.52. The summed E-state index contributed by atoms with van der Waals surface area (Å²) in [5.74, 6) is -0.867. The average Bonchev–Trinajstić information content (AvgIpc) is 2.53. The standard InChI is InChI=1S/C16H23FN2O/c1-16(2)8-3-4-12(7-9-16)19-14-10-11(15(18)20)5-6-13(14)17/h5-6,10,12,19H,3-4,7-9H2,1-2H3,(H2,18,20). The smallest absolute Gasteiger partial charge is 0.248 e. The van der Waals surface area contributed by atoms with Crippen molar-refractivity contribution < 1.29 is 9.18 Å². The Kier molecular flexibility index (Phi) is 4.31. The second kappa shape index (κ2) is 5.81. The van der Waals surface area contributed by atoms with E-state index in [2.05, 4.69) is 19.2 Å². The molecule has 2 rings (SSSR count). The molecule has 1 aliphatic rings. The molecule has 0 radical (unpaired) electrons. The molecule has 1 unspecified atom stereocenters. The molecule has 3 N–H and O–H groups in total. The highest BCUT2D eigenvalue weighted by atomic mass is 19.1. The van der Waals surface area contributed by atoms with Gasteiger partial charge in [-0.3, -0.25) is 4.79 Å². The van der Waals surface area contributed by atoms with Crippen LogP contribution in [-0.2, 0) is 0 Å². The number of amides is 1. The molecule has 110 valence electrons. The maximum atomic E-state index is 13.8. The molecule has 0 bridgehead atoms. The molecular formula is C16H23FN2O. The van der Waals surface area contributed by atoms with E-state index in [1.165, 1.54) is 24.6 Å². The molecule has 1 aromatic carbocycles. The third-order valence-corrected chi connectivity index (χ3v) is 4.19. The minimum absolute atomic E-state index is 0.259. The lowest BCUT2D eigenvalue weighted by Crippen LogP contribution is -2.20. The SMILES string of the molecule is CC1(C)CCCC(Nc2cc(C(N)=O)ccc2F)CC1. The van der Waals surface area contributed by atoms with Crippen molar-refractivity contribution in [1.82, 2.24) is 0 Å². The lowest BCUT2D eigenvalue weighted by Gasteiger charge is -2.22. The summed E-state index contributed by atoms with van der Waals surface area (Å²) in [4.78, 5) is 11.2. The summed E-state index contributed by atoms with van der Waals surface area (Å²) in [7, 11) is 0. The number of nitrogens with one attached hydrogen (secondary N) is 1. The minimum Gasteiger partial charge on any atom is -0.380 e. The Morgan fingerprint density at radius 2 is 2.10 bits per heavy atom. The van der Waals surface area contributed by atoms with Crippen molar-refractivity contribution in [2.24, 2.45) is 11.1 Å². The van der Waals surface area contributed by atoms with Crippen LogP contribution in [0.4, 0.5) is 10.1 Å². The van der Waals surface area contributed by atoms with Gasteiger partial charge in [-0.25, -0.2) is 4.39 Å². The average molecular weight is 278 g/mol. The van der Waals surface area contributed by atoms with E-state index in [9.17, 15) is 9.18 Å². The minimum atomic E-state index is -0.532. The van der Waals surface area contributed by atoms with E-state index in [1.54, 1.807) is 0 Å². The summed E-state index contributed by atoms with van der Waals surface area (Å²) in [6.45, 7) is 4.56. The largest absolute Gasteiger partial charge is 0.380 e. The fourth-order valence-corrected chi connectivity index (χ4v) is 2.81. The van der Waals surface area contributed by atoms with Crippen LogP contribution in [0.2, 0.25) is 0 Å². The number of benzene rings is 1. The van der Waals surface area contributed by atoms with E-state index in [0.717, 1.165) is 25.7 Å². The van der Waals surface area contributed by atoms with Gasteiger partial charge in [-0.05, 0) is 49.3 Å². The number of nitrogens with two attached hydrogens (primary N) is 1. The van der Waals surface area contributed by atoms with Gasteiger partial charge in [0.15, 0.2) is 0 Å². The van der Waals surface area contributed by atoms with Crippen molar-refractivity contribution in [2.75, 3.05) is 5.32 Å². The quantitative estimate of drug-likeness (QED) is 0.828. The molecule has 0 saturated heterocycles. The van der Waals surface area contributed by atoms with E-state index in [-0.39, 0.29) is 11.9 Å². The van der Waals surface area contributed by atoms with Crippen molar-refractivity contribution in [3.8, 4) is 0 Å². The number of rotatable bonds is 3. The van der Waals surface area contributed by atoms with Crippen molar-refractivity contribution in [2.45, 2.75) is 52.0 Å². The van der Waals surface area contributed by atoms with E-state index in [1.807, 2.05) is 0 Å². The molecule has 1 amide bonds. The van der Waals surface area contributed by atoms with Crippen LogP contribution in [0.15, 0.2) is 18.2 Å². The van der Waals surface area contributed by atoms with Crippen LogP contribution in [0.1, 0.15) is 56.3 Å². The number of carbonyl (C=O) groups is 1. The molecule has 1 aromatic rings. The summed E-state index contributed by atoms with van der Waals surface area (Å²) < 4.78 is 13.8. The number of halogens is 1. The van der Waals surface area contributed by atoms with Gasteiger partial charge in [-0.1, -0.05) is 20.3 Å². The van der Waals surface area contributed by atoms with Crippen molar-refractivity contribution in [3.05, 3.63) is 29.6 Å². The third kappa shape index (κ3) is 3.71. The van der Waals surface area contributed by atoms with Gasteiger partial charge in [-0.2, -0.15) is 0 Å². The topological polar surface area (TPSA) is 55.1 Å². The first-order chi connectivity index (χ1) is 9.37. The van der Waals surface area contributed by atoms with Crippen LogP contribution in [0.25, 0.3) is 0 Å². The molecule has 1 atom stereocenters. The Labute approximate surface area is 119 Å². The van der Waals surface area contributed by atoms with E-state index < -0.39 is 5.91 Å². The third-order valence-electron chi connectivity index (χ3n) is 4.19. The lowest BCUT2D eigenvalue weighted by atomic mass is 9.85. The second-order valence-corrected chi connectivity index (χ2v) is 6.50. The first-order valence-corrected chi connectivity index (χ1v) is 7.23. The van der Waals surface area contributed by atoms with E-state index in [0.29, 0.717) is 16.7 Å². The molecule has 0 spiro atoms. The lowest BCUT2D eigenvalue weighted by molar-refractivity contribution is 0.100. The maximum absolute atomic E-state index is 13.8. The number of anilines is 1. The summed E-state index contributed by atoms with van der Waals surface area (Å²) in [5, 5.41) is 3.24. The van der Waals surface area contributed by atoms with Crippen molar-refractivity contribution in [3.63, 3.8) is 0 Å². The van der Waals surface area contributed by atoms with Gasteiger partial charge >= 0.3 is 0 Å². The summed E-state index contributed by atoms with van der Waals surface area (Å²) in [6, 6.07) is 4.48. The monoisotopic (exact) mass is 278 g/mol. The van der Waals surface area contributed by atoms with E-state index >= 15 is 0 Å². The Morgan fingerprint density at radius 3 is 2.80 bits per heavy atom. The van der Waals surface area contributed by atoms with Gasteiger partial charge in [0.05, 0.1) is 5.69 Å². The van der Waals surface area contributed by atoms with Crippen LogP contribution in [0.5, 0.6) is 0 Å². The van der Waals surface area contributed by atoms with Gasteiger partial charge in [0.25, 0.3) is 0 Å². The van der Waals surface area contributed by atoms with Gasteiger partial charge in [0, 0.05) is 11.6 Å². The second-order valence-electron chi connectivity index (χ2n) is 6.50. The van der Waals surface area contributed by atoms with Gasteiger partial charge < -0.3 is 11.1 Å². The van der Waals surface area contributed by atoms with Gasteiger partial charge in [0.2, 0.25) is 5.91 Å². The van der Waals surface area contributed by atoms with Gasteiger partial charge in [0.1, 0.15) is 5.82 Å². The molecule has 3 nitrogen and oxygen atoms in total. The molecular weight excluding hydrogens is 255 g/mol. The molecule has 0 aromatic heterocycles. The molecule has 0 heterocycles. The Hall–Kier alpha value is -1.58. The first-order valence-electron chi connectivity index (χ1n) is 7.23. The molecule has 1 fully saturated rings. The summed E-state index contributed by atoms with van der Waals surface area (Å²) in [5.41, 5.74) is 6.32. The summed E-state index contributed by atoms with van der Waals surface area (Å²) >= 11 is 0. The highest BCUT2D eigenvalue weighted by Crippen LogP contribution is 2.34. The molecule has 1 saturated carbocycles. The zero-order chi connectivity index (χ0) is 14.8. The Morgan fingerprint density at radius 1 is 1.35 bits per heavy atom. The van der Waals surface area contributed by atoms with Crippen LogP contribution < -0.4 is 11.1 Å². The number of hydrogen-bond donors (Lipinski definition) is 2. The number of primary amides is 1. The zero-order valence-corrected chi connectivity index (χ0v) is 12.2. The molecule has 0 aliphatic heterocycles. The highest BCUT2D eigenvalue weighted by Gasteiger charge is 2.24. The fourth-order valence-electron chi connectivity index (χ4n) is 2.81. The predicted octanol–water partition coefficient (Wildman–Crippen LogP) is 3.70. The zero-order valence-electron chi connectivity index (χ0n) is 12.2. The Balaban J connectivity index is 2.09. The number of hydrogen-bond acceptors (Lipinski definition) is 2. The van der Waals surface area contributed by atoms with E-state index in [4.69, 9.17) is 5.73 Å². The fraction of sp³-hybridized carbons (Fsp3) is 0.562. The highest BCUT2D eigenvalue weighted by molar-refractivity contribution is 5.93. The van der Waals surface area contributed by atoms with Gasteiger partial charge in [-0.15, -0.1) is 0 Å². The Bertz CT molecular complexity index is 499. The molecule has 1 aliphatic carbocycles. The van der Waals surface area contributed by atoms with Crippen LogP contribution >= 0.6 is 0 Å².